The zero-order valence-electron chi connectivity index (χ0n) is 11.2. The van der Waals surface area contributed by atoms with Crippen LogP contribution >= 0.6 is 11.6 Å². The normalized spacial score (nSPS) is 20.4. The number of fused-ring (bicyclic) bond motifs is 1. The average Bonchev–Trinajstić information content (AvgIpc) is 2.95. The minimum absolute atomic E-state index is 0.0809. The van der Waals surface area contributed by atoms with Gasteiger partial charge in [0.2, 0.25) is 6.79 Å². The highest BCUT2D eigenvalue weighted by atomic mass is 35.5. The smallest absolute Gasteiger partial charge is 0.308 e. The van der Waals surface area contributed by atoms with Gasteiger partial charge < -0.3 is 19.5 Å². The number of hydrogen-bond donors (Lipinski definition) is 1. The molecule has 2 aliphatic rings. The Bertz CT molecular complexity index is 603. The topological polar surface area (TPSA) is 76.1 Å². The van der Waals surface area contributed by atoms with E-state index in [1.807, 2.05) is 0 Å². The van der Waals surface area contributed by atoms with Crippen LogP contribution < -0.4 is 9.47 Å². The third-order valence-corrected chi connectivity index (χ3v) is 4.01. The van der Waals surface area contributed by atoms with Crippen LogP contribution in [0, 0.1) is 5.92 Å². The van der Waals surface area contributed by atoms with E-state index in [-0.39, 0.29) is 19.2 Å². The van der Waals surface area contributed by atoms with Gasteiger partial charge in [-0.25, -0.2) is 0 Å². The molecule has 2 aliphatic heterocycles. The first-order valence-corrected chi connectivity index (χ1v) is 7.05. The second kappa shape index (κ2) is 5.44. The van der Waals surface area contributed by atoms with Crippen molar-refractivity contribution in [2.24, 2.45) is 5.92 Å². The summed E-state index contributed by atoms with van der Waals surface area (Å²) in [5.74, 6) is -0.725. The van der Waals surface area contributed by atoms with Gasteiger partial charge in [0.25, 0.3) is 5.91 Å². The third-order valence-electron chi connectivity index (χ3n) is 3.73. The Balaban J connectivity index is 1.82. The summed E-state index contributed by atoms with van der Waals surface area (Å²) < 4.78 is 10.4. The zero-order chi connectivity index (χ0) is 15.0. The van der Waals surface area contributed by atoms with Crippen LogP contribution in [0.1, 0.15) is 23.2 Å². The third kappa shape index (κ3) is 2.63. The van der Waals surface area contributed by atoms with Crippen LogP contribution in [-0.4, -0.2) is 41.8 Å². The number of carboxylic acid groups (broad SMARTS) is 1. The molecule has 6 nitrogen and oxygen atoms in total. The van der Waals surface area contributed by atoms with Crippen LogP contribution in [-0.2, 0) is 4.79 Å². The quantitative estimate of drug-likeness (QED) is 0.904. The number of rotatable bonds is 2. The van der Waals surface area contributed by atoms with Crippen molar-refractivity contribution in [2.75, 3.05) is 19.9 Å². The predicted octanol–water partition coefficient (Wildman–Crippen LogP) is 2.01. The lowest BCUT2D eigenvalue weighted by atomic mass is 9.97. The maximum atomic E-state index is 12.5. The van der Waals surface area contributed by atoms with Gasteiger partial charge in [0.05, 0.1) is 10.9 Å². The molecule has 0 saturated carbocycles. The monoisotopic (exact) mass is 311 g/mol. The van der Waals surface area contributed by atoms with Crippen molar-refractivity contribution in [2.45, 2.75) is 12.8 Å². The Morgan fingerprint density at radius 3 is 2.90 bits per heavy atom. The summed E-state index contributed by atoms with van der Waals surface area (Å²) in [6.07, 6.45) is 1.28. The maximum Gasteiger partial charge on any atom is 0.308 e. The number of hydrogen-bond acceptors (Lipinski definition) is 4. The van der Waals surface area contributed by atoms with E-state index < -0.39 is 11.9 Å². The van der Waals surface area contributed by atoms with E-state index in [0.717, 1.165) is 0 Å². The van der Waals surface area contributed by atoms with Crippen molar-refractivity contribution >= 4 is 23.5 Å². The molecule has 1 N–H and O–H groups in total. The number of nitrogens with zero attached hydrogens (tertiary/aromatic N) is 1. The van der Waals surface area contributed by atoms with E-state index in [2.05, 4.69) is 0 Å². The molecule has 1 atom stereocenters. The van der Waals surface area contributed by atoms with Crippen LogP contribution in [0.2, 0.25) is 5.02 Å². The summed E-state index contributed by atoms with van der Waals surface area (Å²) >= 11 is 6.07. The Labute approximate surface area is 126 Å². The fourth-order valence-corrected chi connectivity index (χ4v) is 2.90. The molecule has 21 heavy (non-hydrogen) atoms. The van der Waals surface area contributed by atoms with Gasteiger partial charge in [-0.15, -0.1) is 0 Å². The predicted molar refractivity (Wildman–Crippen MR) is 73.8 cm³/mol. The number of likely N-dealkylation sites (tertiary alicyclic amines) is 1. The molecule has 0 spiro atoms. The summed E-state index contributed by atoms with van der Waals surface area (Å²) in [5.41, 5.74) is 0.385. The molecule has 0 aromatic heterocycles. The molecule has 1 amide bonds. The number of halogens is 1. The number of benzene rings is 1. The number of carbonyl (C=O) groups excluding carboxylic acids is 1. The minimum atomic E-state index is -0.865. The van der Waals surface area contributed by atoms with Gasteiger partial charge in [0.15, 0.2) is 11.5 Å². The molecule has 3 rings (SSSR count). The molecule has 1 aromatic carbocycles. The van der Waals surface area contributed by atoms with Gasteiger partial charge in [-0.3, -0.25) is 9.59 Å². The average molecular weight is 312 g/mol. The van der Waals surface area contributed by atoms with Gasteiger partial charge in [-0.2, -0.15) is 0 Å². The van der Waals surface area contributed by atoms with Gasteiger partial charge in [0.1, 0.15) is 0 Å². The summed E-state index contributed by atoms with van der Waals surface area (Å²) in [6.45, 7) is 0.854. The summed E-state index contributed by atoms with van der Waals surface area (Å²) in [7, 11) is 0. The standard InChI is InChI=1S/C14H14ClNO5/c15-10-4-9(5-11-12(10)21-7-20-11)13(17)16-3-1-2-8(6-16)14(18)19/h4-5,8H,1-3,6-7H2,(H,18,19)/t8-/m1/s1. The number of carboxylic acids is 1. The molecule has 0 aliphatic carbocycles. The Kier molecular flexibility index (Phi) is 3.63. The molecule has 1 saturated heterocycles. The fraction of sp³-hybridized carbons (Fsp3) is 0.429. The zero-order valence-corrected chi connectivity index (χ0v) is 11.9. The first-order chi connectivity index (χ1) is 10.1. The SMILES string of the molecule is O=C(O)[C@@H]1CCCN(C(=O)c2cc(Cl)c3c(c2)OCO3)C1. The van der Waals surface area contributed by atoms with E-state index in [4.69, 9.17) is 26.2 Å². The fourth-order valence-electron chi connectivity index (χ4n) is 2.64. The summed E-state index contributed by atoms with van der Waals surface area (Å²) in [6, 6.07) is 3.11. The first-order valence-electron chi connectivity index (χ1n) is 6.67. The number of piperidine rings is 1. The number of ether oxygens (including phenoxy) is 2. The highest BCUT2D eigenvalue weighted by Crippen LogP contribution is 2.40. The van der Waals surface area contributed by atoms with E-state index >= 15 is 0 Å². The molecule has 0 radical (unpaired) electrons. The van der Waals surface area contributed by atoms with Crippen molar-refractivity contribution < 1.29 is 24.2 Å². The molecule has 1 fully saturated rings. The van der Waals surface area contributed by atoms with Gasteiger partial charge in [-0.1, -0.05) is 11.6 Å². The second-order valence-electron chi connectivity index (χ2n) is 5.12. The van der Waals surface area contributed by atoms with E-state index in [9.17, 15) is 9.59 Å². The number of aliphatic carboxylic acids is 1. The second-order valence-corrected chi connectivity index (χ2v) is 5.53. The van der Waals surface area contributed by atoms with Crippen molar-refractivity contribution in [3.8, 4) is 11.5 Å². The Morgan fingerprint density at radius 2 is 2.14 bits per heavy atom. The minimum Gasteiger partial charge on any atom is -0.481 e. The summed E-state index contributed by atoms with van der Waals surface area (Å²) in [4.78, 5) is 25.1. The van der Waals surface area contributed by atoms with Gasteiger partial charge in [-0.05, 0) is 25.0 Å². The molecule has 7 heteroatoms. The lowest BCUT2D eigenvalue weighted by molar-refractivity contribution is -0.143. The van der Waals surface area contributed by atoms with Crippen LogP contribution in [0.5, 0.6) is 11.5 Å². The van der Waals surface area contributed by atoms with Crippen LogP contribution in [0.25, 0.3) is 0 Å². The highest BCUT2D eigenvalue weighted by molar-refractivity contribution is 6.32. The van der Waals surface area contributed by atoms with Crippen LogP contribution in [0.15, 0.2) is 12.1 Å². The molecule has 0 bridgehead atoms. The molecular formula is C14H14ClNO5. The largest absolute Gasteiger partial charge is 0.481 e. The lowest BCUT2D eigenvalue weighted by Gasteiger charge is -2.30. The lowest BCUT2D eigenvalue weighted by Crippen LogP contribution is -2.42. The summed E-state index contributed by atoms with van der Waals surface area (Å²) in [5, 5.41) is 9.40. The van der Waals surface area contributed by atoms with Crippen LogP contribution in [0.4, 0.5) is 0 Å². The van der Waals surface area contributed by atoms with Gasteiger partial charge in [0, 0.05) is 18.7 Å². The molecule has 0 unspecified atom stereocenters. The highest BCUT2D eigenvalue weighted by Gasteiger charge is 2.30. The molecular weight excluding hydrogens is 298 g/mol. The van der Waals surface area contributed by atoms with Crippen molar-refractivity contribution in [1.82, 2.24) is 4.90 Å². The molecule has 1 aromatic rings. The molecule has 112 valence electrons. The number of carbonyl (C=O) groups is 2. The number of amides is 1. The van der Waals surface area contributed by atoms with Gasteiger partial charge >= 0.3 is 5.97 Å². The van der Waals surface area contributed by atoms with Crippen molar-refractivity contribution in [3.05, 3.63) is 22.7 Å². The van der Waals surface area contributed by atoms with Crippen molar-refractivity contribution in [3.63, 3.8) is 0 Å². The van der Waals surface area contributed by atoms with E-state index in [1.54, 1.807) is 11.0 Å². The molecule has 2 heterocycles. The Hall–Kier alpha value is -1.95. The van der Waals surface area contributed by atoms with Crippen LogP contribution in [0.3, 0.4) is 0 Å². The van der Waals surface area contributed by atoms with E-state index in [1.165, 1.54) is 6.07 Å². The first kappa shape index (κ1) is 14.0. The Morgan fingerprint density at radius 1 is 1.33 bits per heavy atom. The maximum absolute atomic E-state index is 12.5. The van der Waals surface area contributed by atoms with E-state index in [0.29, 0.717) is 41.5 Å². The van der Waals surface area contributed by atoms with Crippen molar-refractivity contribution in [1.29, 1.82) is 0 Å².